The van der Waals surface area contributed by atoms with E-state index in [1.54, 1.807) is 0 Å². The molecular weight excluding hydrogens is 461 g/mol. The van der Waals surface area contributed by atoms with Gasteiger partial charge in [-0.3, -0.25) is 4.99 Å². The molecule has 0 bridgehead atoms. The standard InChI is InChI=1S/C19H32ClN5.HI/c1-3-21-19(22-9-8-17-6-4-7-18(20)16-17)23-10-13-25-12-5-11-24(2)14-15-25;/h4,6-7,16H,3,5,8-15H2,1-2H3,(H2,21,22,23);1H. The molecular formula is C19H33ClIN5. The molecule has 1 aromatic carbocycles. The molecule has 0 saturated carbocycles. The maximum atomic E-state index is 6.03. The summed E-state index contributed by atoms with van der Waals surface area (Å²) in [6, 6.07) is 8.03. The summed E-state index contributed by atoms with van der Waals surface area (Å²) in [4.78, 5) is 9.64. The average molecular weight is 494 g/mol. The van der Waals surface area contributed by atoms with E-state index in [-0.39, 0.29) is 24.0 Å². The smallest absolute Gasteiger partial charge is 0.191 e. The first kappa shape index (κ1) is 23.5. The van der Waals surface area contributed by atoms with Crippen molar-refractivity contribution in [2.45, 2.75) is 19.8 Å². The van der Waals surface area contributed by atoms with Crippen molar-refractivity contribution in [2.24, 2.45) is 4.99 Å². The van der Waals surface area contributed by atoms with E-state index in [2.05, 4.69) is 40.5 Å². The first-order valence-electron chi connectivity index (χ1n) is 9.35. The van der Waals surface area contributed by atoms with Gasteiger partial charge >= 0.3 is 0 Å². The van der Waals surface area contributed by atoms with Crippen molar-refractivity contribution in [1.82, 2.24) is 20.4 Å². The van der Waals surface area contributed by atoms with E-state index in [1.165, 1.54) is 25.1 Å². The summed E-state index contributed by atoms with van der Waals surface area (Å²) in [5.74, 6) is 0.900. The van der Waals surface area contributed by atoms with Gasteiger partial charge in [0.1, 0.15) is 0 Å². The summed E-state index contributed by atoms with van der Waals surface area (Å²) in [5, 5.41) is 7.53. The van der Waals surface area contributed by atoms with Gasteiger partial charge in [-0.15, -0.1) is 24.0 Å². The van der Waals surface area contributed by atoms with Gasteiger partial charge in [0.25, 0.3) is 0 Å². The van der Waals surface area contributed by atoms with Gasteiger partial charge in [-0.1, -0.05) is 23.7 Å². The number of rotatable bonds is 7. The van der Waals surface area contributed by atoms with Crippen LogP contribution in [0.15, 0.2) is 29.3 Å². The minimum Gasteiger partial charge on any atom is -0.357 e. The molecule has 2 N–H and O–H groups in total. The SMILES string of the molecule is CCNC(=NCCN1CCCN(C)CC1)NCCc1cccc(Cl)c1.I. The number of halogens is 2. The predicted molar refractivity (Wildman–Crippen MR) is 123 cm³/mol. The Morgan fingerprint density at radius 1 is 1.19 bits per heavy atom. The summed E-state index contributed by atoms with van der Waals surface area (Å²) in [6.45, 7) is 10.4. The third kappa shape index (κ3) is 9.39. The number of nitrogens with zero attached hydrogens (tertiary/aromatic N) is 3. The molecule has 0 radical (unpaired) electrons. The molecule has 1 fully saturated rings. The Morgan fingerprint density at radius 2 is 2.04 bits per heavy atom. The number of guanidine groups is 1. The topological polar surface area (TPSA) is 42.9 Å². The molecule has 0 spiro atoms. The van der Waals surface area contributed by atoms with Crippen LogP contribution < -0.4 is 10.6 Å². The van der Waals surface area contributed by atoms with Crippen LogP contribution in [0, 0.1) is 0 Å². The first-order chi connectivity index (χ1) is 12.2. The second-order valence-electron chi connectivity index (χ2n) is 6.57. The van der Waals surface area contributed by atoms with Gasteiger partial charge in [-0.05, 0) is 57.6 Å². The Balaban J connectivity index is 0.00000338. The number of nitrogens with one attached hydrogen (secondary N) is 2. The number of likely N-dealkylation sites (N-methyl/N-ethyl adjacent to an activating group) is 1. The molecule has 1 aliphatic heterocycles. The third-order valence-corrected chi connectivity index (χ3v) is 4.67. The number of benzene rings is 1. The molecule has 0 atom stereocenters. The number of hydrogen-bond donors (Lipinski definition) is 2. The molecule has 2 rings (SSSR count). The summed E-state index contributed by atoms with van der Waals surface area (Å²) >= 11 is 6.03. The van der Waals surface area contributed by atoms with E-state index in [0.29, 0.717) is 0 Å². The van der Waals surface area contributed by atoms with Crippen molar-refractivity contribution < 1.29 is 0 Å². The van der Waals surface area contributed by atoms with Crippen LogP contribution in [-0.4, -0.2) is 75.2 Å². The van der Waals surface area contributed by atoms with Crippen LogP contribution in [0.5, 0.6) is 0 Å². The summed E-state index contributed by atoms with van der Waals surface area (Å²) in [6.07, 6.45) is 2.18. The van der Waals surface area contributed by atoms with Crippen LogP contribution in [0.3, 0.4) is 0 Å². The molecule has 0 aliphatic carbocycles. The molecule has 1 aromatic rings. The minimum atomic E-state index is 0. The van der Waals surface area contributed by atoms with Crippen LogP contribution in [0.4, 0.5) is 0 Å². The van der Waals surface area contributed by atoms with Gasteiger partial charge in [0.2, 0.25) is 0 Å². The zero-order valence-electron chi connectivity index (χ0n) is 16.0. The van der Waals surface area contributed by atoms with Crippen molar-refractivity contribution in [3.8, 4) is 0 Å². The van der Waals surface area contributed by atoms with Crippen molar-refractivity contribution >= 4 is 41.5 Å². The maximum absolute atomic E-state index is 6.03. The van der Waals surface area contributed by atoms with Crippen LogP contribution in [-0.2, 0) is 6.42 Å². The molecule has 1 saturated heterocycles. The van der Waals surface area contributed by atoms with Gasteiger partial charge in [0.15, 0.2) is 5.96 Å². The van der Waals surface area contributed by atoms with Crippen molar-refractivity contribution in [3.05, 3.63) is 34.9 Å². The molecule has 1 aliphatic rings. The maximum Gasteiger partial charge on any atom is 0.191 e. The molecule has 1 heterocycles. The predicted octanol–water partition coefficient (Wildman–Crippen LogP) is 2.69. The zero-order valence-corrected chi connectivity index (χ0v) is 19.1. The van der Waals surface area contributed by atoms with E-state index in [0.717, 1.165) is 56.7 Å². The third-order valence-electron chi connectivity index (χ3n) is 4.44. The highest BCUT2D eigenvalue weighted by atomic mass is 127. The van der Waals surface area contributed by atoms with Gasteiger partial charge in [-0.2, -0.15) is 0 Å². The highest BCUT2D eigenvalue weighted by Crippen LogP contribution is 2.10. The van der Waals surface area contributed by atoms with Crippen molar-refractivity contribution in [2.75, 3.05) is 59.4 Å². The minimum absolute atomic E-state index is 0. The Labute approximate surface area is 180 Å². The van der Waals surface area contributed by atoms with Crippen LogP contribution in [0.25, 0.3) is 0 Å². The Hall–Kier alpha value is -0.570. The van der Waals surface area contributed by atoms with E-state index >= 15 is 0 Å². The lowest BCUT2D eigenvalue weighted by Gasteiger charge is -2.19. The first-order valence-corrected chi connectivity index (χ1v) is 9.72. The Morgan fingerprint density at radius 3 is 2.81 bits per heavy atom. The van der Waals surface area contributed by atoms with Gasteiger partial charge in [0.05, 0.1) is 6.54 Å². The fraction of sp³-hybridized carbons (Fsp3) is 0.632. The number of aliphatic imine (C=N–C) groups is 1. The van der Waals surface area contributed by atoms with Crippen molar-refractivity contribution in [1.29, 1.82) is 0 Å². The Bertz CT molecular complexity index is 540. The lowest BCUT2D eigenvalue weighted by atomic mass is 10.1. The average Bonchev–Trinajstić information content (AvgIpc) is 2.79. The molecule has 5 nitrogen and oxygen atoms in total. The molecule has 7 heteroatoms. The van der Waals surface area contributed by atoms with Gasteiger partial charge in [-0.25, -0.2) is 0 Å². The fourth-order valence-corrected chi connectivity index (χ4v) is 3.20. The van der Waals surface area contributed by atoms with Crippen LogP contribution in [0.2, 0.25) is 5.02 Å². The van der Waals surface area contributed by atoms with E-state index in [9.17, 15) is 0 Å². The van der Waals surface area contributed by atoms with Crippen LogP contribution >= 0.6 is 35.6 Å². The van der Waals surface area contributed by atoms with E-state index < -0.39 is 0 Å². The van der Waals surface area contributed by atoms with E-state index in [4.69, 9.17) is 16.6 Å². The second kappa shape index (κ2) is 13.6. The Kier molecular flexibility index (Phi) is 12.3. The lowest BCUT2D eigenvalue weighted by molar-refractivity contribution is 0.283. The quantitative estimate of drug-likeness (QED) is 0.348. The second-order valence-corrected chi connectivity index (χ2v) is 7.00. The largest absolute Gasteiger partial charge is 0.357 e. The highest BCUT2D eigenvalue weighted by Gasteiger charge is 2.11. The fourth-order valence-electron chi connectivity index (χ4n) is 2.99. The summed E-state index contributed by atoms with van der Waals surface area (Å²) < 4.78 is 0. The molecule has 26 heavy (non-hydrogen) atoms. The normalized spacial score (nSPS) is 16.7. The monoisotopic (exact) mass is 493 g/mol. The molecule has 0 aromatic heterocycles. The van der Waals surface area contributed by atoms with Crippen LogP contribution in [0.1, 0.15) is 18.9 Å². The number of hydrogen-bond acceptors (Lipinski definition) is 3. The summed E-state index contributed by atoms with van der Waals surface area (Å²) in [7, 11) is 2.20. The van der Waals surface area contributed by atoms with Gasteiger partial charge in [0, 0.05) is 37.7 Å². The molecule has 0 unspecified atom stereocenters. The van der Waals surface area contributed by atoms with E-state index in [1.807, 2.05) is 18.2 Å². The van der Waals surface area contributed by atoms with Gasteiger partial charge < -0.3 is 20.4 Å². The zero-order chi connectivity index (χ0) is 17.9. The molecule has 0 amide bonds. The molecule has 148 valence electrons. The lowest BCUT2D eigenvalue weighted by Crippen LogP contribution is -2.39. The highest BCUT2D eigenvalue weighted by molar-refractivity contribution is 14.0. The summed E-state index contributed by atoms with van der Waals surface area (Å²) in [5.41, 5.74) is 1.24. The van der Waals surface area contributed by atoms with Crippen molar-refractivity contribution in [3.63, 3.8) is 0 Å².